The van der Waals surface area contributed by atoms with E-state index in [0.29, 0.717) is 6.04 Å². The van der Waals surface area contributed by atoms with Crippen LogP contribution in [-0.2, 0) is 0 Å². The van der Waals surface area contributed by atoms with Gasteiger partial charge in [0.15, 0.2) is 0 Å². The lowest BCUT2D eigenvalue weighted by Gasteiger charge is -2.26. The second-order valence-electron chi connectivity index (χ2n) is 5.13. The molecule has 1 saturated carbocycles. The maximum Gasteiger partial charge on any atom is 0.123 e. The van der Waals surface area contributed by atoms with Gasteiger partial charge in [-0.25, -0.2) is 4.39 Å². The molecule has 0 amide bonds. The Morgan fingerprint density at radius 3 is 2.41 bits per heavy atom. The van der Waals surface area contributed by atoms with Crippen LogP contribution >= 0.6 is 0 Å². The van der Waals surface area contributed by atoms with Crippen LogP contribution < -0.4 is 5.32 Å². The molecule has 1 aromatic rings. The third kappa shape index (κ3) is 3.53. The summed E-state index contributed by atoms with van der Waals surface area (Å²) >= 11 is 0. The maximum atomic E-state index is 12.9. The van der Waals surface area contributed by atoms with Crippen molar-refractivity contribution in [3.8, 4) is 0 Å². The van der Waals surface area contributed by atoms with Crippen LogP contribution in [0, 0.1) is 11.7 Å². The zero-order valence-corrected chi connectivity index (χ0v) is 10.6. The Balaban J connectivity index is 1.97. The highest BCUT2D eigenvalue weighted by Crippen LogP contribution is 2.31. The highest BCUT2D eigenvalue weighted by atomic mass is 19.1. The standard InChI is InChI=1S/C15H22FN/c1-17-15(11-12-5-3-2-4-6-12)13-7-9-14(16)10-8-13/h7-10,12,15,17H,2-6,11H2,1H3. The molecule has 1 fully saturated rings. The van der Waals surface area contributed by atoms with Crippen molar-refractivity contribution in [3.05, 3.63) is 35.6 Å². The van der Waals surface area contributed by atoms with Crippen LogP contribution in [0.3, 0.4) is 0 Å². The quantitative estimate of drug-likeness (QED) is 0.830. The van der Waals surface area contributed by atoms with Gasteiger partial charge in [-0.1, -0.05) is 44.2 Å². The number of hydrogen-bond donors (Lipinski definition) is 1. The molecule has 0 aliphatic heterocycles. The molecule has 1 N–H and O–H groups in total. The highest BCUT2D eigenvalue weighted by Gasteiger charge is 2.19. The van der Waals surface area contributed by atoms with Crippen LogP contribution in [-0.4, -0.2) is 7.05 Å². The largest absolute Gasteiger partial charge is 0.313 e. The fourth-order valence-electron chi connectivity index (χ4n) is 2.87. The lowest BCUT2D eigenvalue weighted by molar-refractivity contribution is 0.305. The van der Waals surface area contributed by atoms with Gasteiger partial charge < -0.3 is 5.32 Å². The zero-order valence-electron chi connectivity index (χ0n) is 10.6. The molecule has 1 nitrogen and oxygen atoms in total. The van der Waals surface area contributed by atoms with E-state index in [1.165, 1.54) is 44.1 Å². The molecule has 1 aromatic carbocycles. The van der Waals surface area contributed by atoms with Crippen LogP contribution in [0.1, 0.15) is 50.1 Å². The number of benzene rings is 1. The minimum Gasteiger partial charge on any atom is -0.313 e. The minimum atomic E-state index is -0.152. The Morgan fingerprint density at radius 1 is 1.18 bits per heavy atom. The van der Waals surface area contributed by atoms with Crippen LogP contribution in [0.5, 0.6) is 0 Å². The van der Waals surface area contributed by atoms with E-state index in [4.69, 9.17) is 0 Å². The molecule has 0 spiro atoms. The molecule has 2 heteroatoms. The van der Waals surface area contributed by atoms with Gasteiger partial charge in [-0.2, -0.15) is 0 Å². The van der Waals surface area contributed by atoms with E-state index in [1.807, 2.05) is 19.2 Å². The van der Waals surface area contributed by atoms with Crippen molar-refractivity contribution in [1.82, 2.24) is 5.32 Å². The van der Waals surface area contributed by atoms with E-state index in [2.05, 4.69) is 5.32 Å². The second-order valence-corrected chi connectivity index (χ2v) is 5.13. The van der Waals surface area contributed by atoms with Crippen molar-refractivity contribution in [1.29, 1.82) is 0 Å². The molecule has 1 aliphatic carbocycles. The average Bonchev–Trinajstić information content (AvgIpc) is 2.38. The molecule has 17 heavy (non-hydrogen) atoms. The Morgan fingerprint density at radius 2 is 1.82 bits per heavy atom. The van der Waals surface area contributed by atoms with Gasteiger partial charge in [0.1, 0.15) is 5.82 Å². The van der Waals surface area contributed by atoms with Crippen molar-refractivity contribution in [2.75, 3.05) is 7.05 Å². The molecule has 1 aliphatic rings. The topological polar surface area (TPSA) is 12.0 Å². The third-order valence-corrected chi connectivity index (χ3v) is 3.91. The SMILES string of the molecule is CNC(CC1CCCCC1)c1ccc(F)cc1. The first kappa shape index (κ1) is 12.6. The summed E-state index contributed by atoms with van der Waals surface area (Å²) in [5, 5.41) is 3.36. The molecule has 0 heterocycles. The lowest BCUT2D eigenvalue weighted by atomic mass is 9.83. The van der Waals surface area contributed by atoms with Gasteiger partial charge in [-0.3, -0.25) is 0 Å². The summed E-state index contributed by atoms with van der Waals surface area (Å²) in [6.07, 6.45) is 8.06. The van der Waals surface area contributed by atoms with Crippen LogP contribution in [0.4, 0.5) is 4.39 Å². The minimum absolute atomic E-state index is 0.152. The van der Waals surface area contributed by atoms with Crippen molar-refractivity contribution in [2.45, 2.75) is 44.6 Å². The van der Waals surface area contributed by atoms with Gasteiger partial charge in [0.2, 0.25) is 0 Å². The zero-order chi connectivity index (χ0) is 12.1. The molecule has 0 bridgehead atoms. The molecule has 2 rings (SSSR count). The van der Waals surface area contributed by atoms with Crippen LogP contribution in [0.25, 0.3) is 0 Å². The summed E-state index contributed by atoms with van der Waals surface area (Å²) in [4.78, 5) is 0. The first-order valence-electron chi connectivity index (χ1n) is 6.72. The average molecular weight is 235 g/mol. The van der Waals surface area contributed by atoms with Crippen molar-refractivity contribution in [2.24, 2.45) is 5.92 Å². The molecular weight excluding hydrogens is 213 g/mol. The predicted octanol–water partition coefficient (Wildman–Crippen LogP) is 4.06. The fourth-order valence-corrected chi connectivity index (χ4v) is 2.87. The number of hydrogen-bond acceptors (Lipinski definition) is 1. The van der Waals surface area contributed by atoms with Gasteiger partial charge in [-0.05, 0) is 37.1 Å². The van der Waals surface area contributed by atoms with Gasteiger partial charge in [0, 0.05) is 6.04 Å². The van der Waals surface area contributed by atoms with Crippen LogP contribution in [0.15, 0.2) is 24.3 Å². The van der Waals surface area contributed by atoms with Crippen LogP contribution in [0.2, 0.25) is 0 Å². The van der Waals surface area contributed by atoms with Gasteiger partial charge in [0.05, 0.1) is 0 Å². The fraction of sp³-hybridized carbons (Fsp3) is 0.600. The number of nitrogens with one attached hydrogen (secondary N) is 1. The maximum absolute atomic E-state index is 12.9. The monoisotopic (exact) mass is 235 g/mol. The highest BCUT2D eigenvalue weighted by molar-refractivity contribution is 5.19. The molecule has 94 valence electrons. The predicted molar refractivity (Wildman–Crippen MR) is 69.4 cm³/mol. The van der Waals surface area contributed by atoms with E-state index < -0.39 is 0 Å². The number of rotatable bonds is 4. The van der Waals surface area contributed by atoms with E-state index in [0.717, 1.165) is 5.92 Å². The Kier molecular flexibility index (Phi) is 4.55. The van der Waals surface area contributed by atoms with E-state index in [1.54, 1.807) is 12.1 Å². The van der Waals surface area contributed by atoms with Crippen molar-refractivity contribution >= 4 is 0 Å². The van der Waals surface area contributed by atoms with E-state index in [9.17, 15) is 4.39 Å². The Hall–Kier alpha value is -0.890. The Labute approximate surface area is 103 Å². The molecule has 0 aromatic heterocycles. The van der Waals surface area contributed by atoms with E-state index in [-0.39, 0.29) is 5.82 Å². The molecular formula is C15H22FN. The summed E-state index contributed by atoms with van der Waals surface area (Å²) in [6.45, 7) is 0. The molecule has 0 saturated heterocycles. The smallest absolute Gasteiger partial charge is 0.123 e. The summed E-state index contributed by atoms with van der Waals surface area (Å²) < 4.78 is 12.9. The lowest BCUT2D eigenvalue weighted by Crippen LogP contribution is -2.21. The van der Waals surface area contributed by atoms with Gasteiger partial charge in [0.25, 0.3) is 0 Å². The van der Waals surface area contributed by atoms with Gasteiger partial charge >= 0.3 is 0 Å². The summed E-state index contributed by atoms with van der Waals surface area (Å²) in [5.74, 6) is 0.688. The molecule has 1 atom stereocenters. The molecule has 0 radical (unpaired) electrons. The van der Waals surface area contributed by atoms with E-state index >= 15 is 0 Å². The second kappa shape index (κ2) is 6.15. The summed E-state index contributed by atoms with van der Waals surface area (Å²) in [7, 11) is 2.00. The summed E-state index contributed by atoms with van der Waals surface area (Å²) in [6, 6.07) is 7.29. The normalized spacial score (nSPS) is 19.2. The van der Waals surface area contributed by atoms with Crippen molar-refractivity contribution in [3.63, 3.8) is 0 Å². The summed E-state index contributed by atoms with van der Waals surface area (Å²) in [5.41, 5.74) is 1.21. The van der Waals surface area contributed by atoms with Crippen molar-refractivity contribution < 1.29 is 4.39 Å². The first-order chi connectivity index (χ1) is 8.29. The first-order valence-corrected chi connectivity index (χ1v) is 6.72. The Bertz CT molecular complexity index is 327. The molecule has 1 unspecified atom stereocenters. The van der Waals surface area contributed by atoms with Gasteiger partial charge in [-0.15, -0.1) is 0 Å². The number of halogens is 1. The third-order valence-electron chi connectivity index (χ3n) is 3.91.